The van der Waals surface area contributed by atoms with E-state index in [9.17, 15) is 4.79 Å². The van der Waals surface area contributed by atoms with Crippen LogP contribution in [0.4, 0.5) is 0 Å². The second kappa shape index (κ2) is 2.13. The van der Waals surface area contributed by atoms with Gasteiger partial charge >= 0.3 is 0 Å². The molecule has 4 nitrogen and oxygen atoms in total. The molecule has 1 rings (SSSR count). The Bertz CT molecular complexity index is 277. The van der Waals surface area contributed by atoms with Crippen molar-refractivity contribution in [3.05, 3.63) is 22.2 Å². The summed E-state index contributed by atoms with van der Waals surface area (Å²) in [5.41, 5.74) is -0.409. The zero-order chi connectivity index (χ0) is 7.72. The number of rotatable bonds is 0. The SMILES string of the molecule is Cc1nc(=O)cc(O)n1C. The van der Waals surface area contributed by atoms with Gasteiger partial charge in [-0.2, -0.15) is 4.98 Å². The van der Waals surface area contributed by atoms with Crippen LogP contribution in [0.5, 0.6) is 5.88 Å². The van der Waals surface area contributed by atoms with Crippen molar-refractivity contribution in [1.29, 1.82) is 0 Å². The van der Waals surface area contributed by atoms with Gasteiger partial charge in [-0.05, 0) is 6.92 Å². The number of aryl methyl sites for hydroxylation is 1. The topological polar surface area (TPSA) is 55.1 Å². The highest BCUT2D eigenvalue weighted by atomic mass is 16.3. The molecule has 0 saturated heterocycles. The molecule has 0 radical (unpaired) electrons. The van der Waals surface area contributed by atoms with Crippen LogP contribution >= 0.6 is 0 Å². The number of hydrogen-bond donors (Lipinski definition) is 1. The lowest BCUT2D eigenvalue weighted by atomic mass is 10.5. The van der Waals surface area contributed by atoms with E-state index in [-0.39, 0.29) is 5.88 Å². The molecule has 0 amide bonds. The molecule has 1 aromatic heterocycles. The minimum atomic E-state index is -0.409. The normalized spacial score (nSPS) is 9.80. The van der Waals surface area contributed by atoms with Crippen molar-refractivity contribution in [3.8, 4) is 5.88 Å². The first-order valence-electron chi connectivity index (χ1n) is 2.85. The molecule has 0 aliphatic heterocycles. The molecule has 1 N–H and O–H groups in total. The maximum Gasteiger partial charge on any atom is 0.276 e. The Morgan fingerprint density at radius 1 is 1.70 bits per heavy atom. The standard InChI is InChI=1S/C6H8N2O2/c1-4-7-5(9)3-6(10)8(4)2/h3,10H,1-2H3. The lowest BCUT2D eigenvalue weighted by molar-refractivity contribution is 0.419. The van der Waals surface area contributed by atoms with Gasteiger partial charge in [-0.25, -0.2) is 0 Å². The fourth-order valence-corrected chi connectivity index (χ4v) is 0.640. The van der Waals surface area contributed by atoms with Crippen LogP contribution < -0.4 is 5.56 Å². The summed E-state index contributed by atoms with van der Waals surface area (Å²) in [5.74, 6) is 0.447. The predicted molar refractivity (Wildman–Crippen MR) is 35.9 cm³/mol. The van der Waals surface area contributed by atoms with Gasteiger partial charge in [0.1, 0.15) is 5.82 Å². The van der Waals surface area contributed by atoms with Gasteiger partial charge in [-0.1, -0.05) is 0 Å². The Labute approximate surface area is 57.8 Å². The van der Waals surface area contributed by atoms with Crippen LogP contribution in [0.1, 0.15) is 5.82 Å². The Morgan fingerprint density at radius 3 is 2.80 bits per heavy atom. The summed E-state index contributed by atoms with van der Waals surface area (Å²) >= 11 is 0. The predicted octanol–water partition coefficient (Wildman–Crippen LogP) is -0.206. The van der Waals surface area contributed by atoms with Gasteiger partial charge < -0.3 is 9.67 Å². The number of nitrogens with zero attached hydrogens (tertiary/aromatic N) is 2. The molecule has 1 heterocycles. The fraction of sp³-hybridized carbons (Fsp3) is 0.333. The van der Waals surface area contributed by atoms with E-state index in [0.717, 1.165) is 6.07 Å². The van der Waals surface area contributed by atoms with Crippen molar-refractivity contribution in [2.24, 2.45) is 7.05 Å². The quantitative estimate of drug-likeness (QED) is 0.542. The Kier molecular flexibility index (Phi) is 1.45. The van der Waals surface area contributed by atoms with Crippen molar-refractivity contribution < 1.29 is 5.11 Å². The molecular formula is C6H8N2O2. The van der Waals surface area contributed by atoms with Crippen molar-refractivity contribution in [2.75, 3.05) is 0 Å². The molecule has 0 unspecified atom stereocenters. The van der Waals surface area contributed by atoms with Crippen LogP contribution in [0.25, 0.3) is 0 Å². The Hall–Kier alpha value is -1.32. The average Bonchev–Trinajstić information content (AvgIpc) is 1.82. The highest BCUT2D eigenvalue weighted by Crippen LogP contribution is 2.02. The molecule has 0 bridgehead atoms. The van der Waals surface area contributed by atoms with Gasteiger partial charge in [0.05, 0.1) is 6.07 Å². The van der Waals surface area contributed by atoms with Crippen LogP contribution in [0.3, 0.4) is 0 Å². The third-order valence-corrected chi connectivity index (χ3v) is 1.35. The smallest absolute Gasteiger partial charge is 0.276 e. The van der Waals surface area contributed by atoms with Gasteiger partial charge in [0.2, 0.25) is 0 Å². The first kappa shape index (κ1) is 6.80. The molecule has 0 spiro atoms. The maximum atomic E-state index is 10.6. The highest BCUT2D eigenvalue weighted by Gasteiger charge is 1.97. The van der Waals surface area contributed by atoms with Crippen molar-refractivity contribution >= 4 is 0 Å². The fourth-order valence-electron chi connectivity index (χ4n) is 0.640. The number of aromatic hydroxyl groups is 1. The second-order valence-electron chi connectivity index (χ2n) is 2.06. The van der Waals surface area contributed by atoms with Crippen LogP contribution in [0.2, 0.25) is 0 Å². The summed E-state index contributed by atoms with van der Waals surface area (Å²) in [5, 5.41) is 9.00. The molecular weight excluding hydrogens is 132 g/mol. The Balaban J connectivity index is 3.46. The highest BCUT2D eigenvalue weighted by molar-refractivity contribution is 5.08. The molecule has 10 heavy (non-hydrogen) atoms. The van der Waals surface area contributed by atoms with E-state index in [4.69, 9.17) is 5.11 Å². The molecule has 0 saturated carbocycles. The van der Waals surface area contributed by atoms with E-state index in [2.05, 4.69) is 4.98 Å². The minimum absolute atomic E-state index is 0.0579. The molecule has 4 heteroatoms. The summed E-state index contributed by atoms with van der Waals surface area (Å²) in [6, 6.07) is 1.08. The molecule has 0 atom stereocenters. The average molecular weight is 140 g/mol. The van der Waals surface area contributed by atoms with E-state index in [1.54, 1.807) is 14.0 Å². The lowest BCUT2D eigenvalue weighted by Crippen LogP contribution is -2.11. The van der Waals surface area contributed by atoms with Crippen LogP contribution in [0, 0.1) is 6.92 Å². The summed E-state index contributed by atoms with van der Waals surface area (Å²) in [7, 11) is 1.64. The van der Waals surface area contributed by atoms with Gasteiger partial charge in [0.15, 0.2) is 5.88 Å². The van der Waals surface area contributed by atoms with Gasteiger partial charge in [-0.3, -0.25) is 4.79 Å². The molecule has 1 aromatic rings. The van der Waals surface area contributed by atoms with Gasteiger partial charge in [0, 0.05) is 7.05 Å². The summed E-state index contributed by atoms with van der Waals surface area (Å²) in [4.78, 5) is 14.2. The van der Waals surface area contributed by atoms with Crippen molar-refractivity contribution in [2.45, 2.75) is 6.92 Å². The van der Waals surface area contributed by atoms with Crippen LogP contribution in [-0.2, 0) is 7.05 Å². The summed E-state index contributed by atoms with van der Waals surface area (Å²) < 4.78 is 1.43. The molecule has 0 aromatic carbocycles. The molecule has 0 fully saturated rings. The third-order valence-electron chi connectivity index (χ3n) is 1.35. The zero-order valence-electron chi connectivity index (χ0n) is 5.83. The van der Waals surface area contributed by atoms with Crippen LogP contribution in [0.15, 0.2) is 10.9 Å². The monoisotopic (exact) mass is 140 g/mol. The van der Waals surface area contributed by atoms with E-state index >= 15 is 0 Å². The Morgan fingerprint density at radius 2 is 2.30 bits per heavy atom. The lowest BCUT2D eigenvalue weighted by Gasteiger charge is -2.02. The van der Waals surface area contributed by atoms with Crippen molar-refractivity contribution in [1.82, 2.24) is 9.55 Å². The molecule has 0 aliphatic rings. The first-order valence-corrected chi connectivity index (χ1v) is 2.85. The van der Waals surface area contributed by atoms with Gasteiger partial charge in [0.25, 0.3) is 5.56 Å². The van der Waals surface area contributed by atoms with Gasteiger partial charge in [-0.15, -0.1) is 0 Å². The maximum absolute atomic E-state index is 10.6. The second-order valence-corrected chi connectivity index (χ2v) is 2.06. The zero-order valence-corrected chi connectivity index (χ0v) is 5.83. The van der Waals surface area contributed by atoms with Crippen molar-refractivity contribution in [3.63, 3.8) is 0 Å². The van der Waals surface area contributed by atoms with E-state index in [0.29, 0.717) is 5.82 Å². The molecule has 0 aliphatic carbocycles. The molecule has 54 valence electrons. The summed E-state index contributed by atoms with van der Waals surface area (Å²) in [6.07, 6.45) is 0. The minimum Gasteiger partial charge on any atom is -0.494 e. The van der Waals surface area contributed by atoms with E-state index in [1.165, 1.54) is 4.57 Å². The van der Waals surface area contributed by atoms with E-state index in [1.807, 2.05) is 0 Å². The third kappa shape index (κ3) is 1.00. The van der Waals surface area contributed by atoms with E-state index < -0.39 is 5.56 Å². The summed E-state index contributed by atoms with van der Waals surface area (Å²) in [6.45, 7) is 1.65. The van der Waals surface area contributed by atoms with Crippen LogP contribution in [-0.4, -0.2) is 14.7 Å². The number of aromatic nitrogens is 2. The first-order chi connectivity index (χ1) is 4.61. The largest absolute Gasteiger partial charge is 0.494 e. The number of hydrogen-bond acceptors (Lipinski definition) is 3.